The summed E-state index contributed by atoms with van der Waals surface area (Å²) in [5, 5.41) is 1.35. The van der Waals surface area contributed by atoms with Gasteiger partial charge in [-0.15, -0.1) is 0 Å². The predicted molar refractivity (Wildman–Crippen MR) is 45.3 cm³/mol. The molecule has 1 aromatic rings. The van der Waals surface area contributed by atoms with Gasteiger partial charge in [-0.2, -0.15) is 4.57 Å². The zero-order valence-electron chi connectivity index (χ0n) is 5.33. The Morgan fingerprint density at radius 3 is 3.30 bits per heavy atom. The SMILES string of the molecule is BrC1CSc2cccc[n+]21. The van der Waals surface area contributed by atoms with Crippen molar-refractivity contribution in [1.29, 1.82) is 0 Å². The highest BCUT2D eigenvalue weighted by Crippen LogP contribution is 2.28. The molecule has 1 aliphatic rings. The van der Waals surface area contributed by atoms with E-state index in [9.17, 15) is 0 Å². The van der Waals surface area contributed by atoms with Crippen LogP contribution in [0.5, 0.6) is 0 Å². The van der Waals surface area contributed by atoms with Crippen LogP contribution in [0.3, 0.4) is 0 Å². The van der Waals surface area contributed by atoms with Crippen LogP contribution in [-0.2, 0) is 0 Å². The fourth-order valence-corrected chi connectivity index (χ4v) is 2.90. The number of nitrogens with zero attached hydrogens (tertiary/aromatic N) is 1. The van der Waals surface area contributed by atoms with Gasteiger partial charge in [-0.05, 0) is 33.8 Å². The Labute approximate surface area is 72.6 Å². The van der Waals surface area contributed by atoms with Crippen molar-refractivity contribution in [2.75, 3.05) is 5.75 Å². The number of halogens is 1. The zero-order chi connectivity index (χ0) is 6.97. The van der Waals surface area contributed by atoms with E-state index < -0.39 is 0 Å². The number of rotatable bonds is 0. The maximum atomic E-state index is 3.58. The molecule has 0 saturated carbocycles. The molecule has 3 heteroatoms. The molecule has 1 unspecified atom stereocenters. The zero-order valence-corrected chi connectivity index (χ0v) is 7.73. The monoisotopic (exact) mass is 216 g/mol. The molecule has 1 aromatic heterocycles. The van der Waals surface area contributed by atoms with Gasteiger partial charge in [0.1, 0.15) is 0 Å². The van der Waals surface area contributed by atoms with E-state index in [0.29, 0.717) is 4.95 Å². The van der Waals surface area contributed by atoms with Crippen molar-refractivity contribution >= 4 is 27.7 Å². The molecule has 1 aliphatic heterocycles. The van der Waals surface area contributed by atoms with Crippen LogP contribution in [0.2, 0.25) is 0 Å². The van der Waals surface area contributed by atoms with Gasteiger partial charge in [0, 0.05) is 12.1 Å². The Morgan fingerprint density at radius 2 is 2.50 bits per heavy atom. The lowest BCUT2D eigenvalue weighted by Gasteiger charge is -1.92. The third-order valence-electron chi connectivity index (χ3n) is 1.52. The van der Waals surface area contributed by atoms with Gasteiger partial charge in [-0.1, -0.05) is 0 Å². The minimum Gasteiger partial charge on any atom is -0.179 e. The van der Waals surface area contributed by atoms with Gasteiger partial charge >= 0.3 is 0 Å². The third kappa shape index (κ3) is 0.974. The average molecular weight is 217 g/mol. The lowest BCUT2D eigenvalue weighted by Crippen LogP contribution is -2.34. The topological polar surface area (TPSA) is 3.88 Å². The largest absolute Gasteiger partial charge is 0.241 e. The predicted octanol–water partition coefficient (Wildman–Crippen LogP) is 1.97. The molecule has 2 heterocycles. The van der Waals surface area contributed by atoms with Crippen LogP contribution in [0.4, 0.5) is 0 Å². The second-order valence-electron chi connectivity index (χ2n) is 2.19. The number of alkyl halides is 1. The van der Waals surface area contributed by atoms with Crippen molar-refractivity contribution in [3.05, 3.63) is 24.4 Å². The normalized spacial score (nSPS) is 22.7. The van der Waals surface area contributed by atoms with E-state index in [1.165, 1.54) is 5.03 Å². The number of aromatic nitrogens is 1. The Morgan fingerprint density at radius 1 is 1.60 bits per heavy atom. The van der Waals surface area contributed by atoms with Gasteiger partial charge in [0.25, 0.3) is 0 Å². The first kappa shape index (κ1) is 6.68. The number of hydrogen-bond acceptors (Lipinski definition) is 1. The minimum atomic E-state index is 0.494. The fraction of sp³-hybridized carbons (Fsp3) is 0.286. The Hall–Kier alpha value is -0.0200. The molecule has 2 rings (SSSR count). The van der Waals surface area contributed by atoms with Crippen molar-refractivity contribution < 1.29 is 4.57 Å². The summed E-state index contributed by atoms with van der Waals surface area (Å²) >= 11 is 5.47. The molecule has 0 amide bonds. The van der Waals surface area contributed by atoms with Crippen molar-refractivity contribution in [3.63, 3.8) is 0 Å². The van der Waals surface area contributed by atoms with E-state index in [-0.39, 0.29) is 0 Å². The molecule has 10 heavy (non-hydrogen) atoms. The molecule has 52 valence electrons. The van der Waals surface area contributed by atoms with E-state index in [1.807, 2.05) is 11.8 Å². The first-order valence-electron chi connectivity index (χ1n) is 3.15. The third-order valence-corrected chi connectivity index (χ3v) is 3.84. The van der Waals surface area contributed by atoms with E-state index in [0.717, 1.165) is 5.75 Å². The smallest absolute Gasteiger partial charge is 0.179 e. The number of hydrogen-bond donors (Lipinski definition) is 0. The molecule has 0 spiro atoms. The molecule has 0 aliphatic carbocycles. The Balaban J connectivity index is 2.51. The second-order valence-corrected chi connectivity index (χ2v) is 4.29. The molecule has 0 bridgehead atoms. The van der Waals surface area contributed by atoms with Gasteiger partial charge in [-0.25, -0.2) is 0 Å². The number of thioether (sulfide) groups is 1. The first-order valence-corrected chi connectivity index (χ1v) is 5.05. The molecule has 1 nitrogen and oxygen atoms in total. The van der Waals surface area contributed by atoms with Gasteiger partial charge in [0.15, 0.2) is 6.20 Å². The van der Waals surface area contributed by atoms with Crippen molar-refractivity contribution in [3.8, 4) is 0 Å². The highest BCUT2D eigenvalue weighted by molar-refractivity contribution is 9.09. The summed E-state index contributed by atoms with van der Waals surface area (Å²) in [7, 11) is 0. The molecule has 0 radical (unpaired) electrons. The van der Waals surface area contributed by atoms with E-state index in [1.54, 1.807) is 0 Å². The molecule has 1 atom stereocenters. The van der Waals surface area contributed by atoms with Gasteiger partial charge in [0.2, 0.25) is 9.98 Å². The van der Waals surface area contributed by atoms with E-state index >= 15 is 0 Å². The molecule has 0 fully saturated rings. The van der Waals surface area contributed by atoms with Crippen molar-refractivity contribution in [1.82, 2.24) is 0 Å². The summed E-state index contributed by atoms with van der Waals surface area (Å²) in [6.07, 6.45) is 2.11. The van der Waals surface area contributed by atoms with Crippen LogP contribution in [0.15, 0.2) is 29.4 Å². The van der Waals surface area contributed by atoms with Gasteiger partial charge in [0.05, 0.1) is 5.75 Å². The summed E-state index contributed by atoms with van der Waals surface area (Å²) in [6.45, 7) is 0. The standard InChI is InChI=1S/C7H7BrNS/c8-6-5-10-7-3-1-2-4-9(6)7/h1-4,6H,5H2/q+1. The lowest BCUT2D eigenvalue weighted by molar-refractivity contribution is -0.724. The van der Waals surface area contributed by atoms with Crippen LogP contribution in [0, 0.1) is 0 Å². The van der Waals surface area contributed by atoms with Crippen LogP contribution in [-0.4, -0.2) is 5.75 Å². The van der Waals surface area contributed by atoms with Crippen LogP contribution >= 0.6 is 27.7 Å². The second kappa shape index (κ2) is 2.55. The summed E-state index contributed by atoms with van der Waals surface area (Å²) in [5.41, 5.74) is 0. The molecule has 0 aromatic carbocycles. The molecule has 0 saturated heterocycles. The highest BCUT2D eigenvalue weighted by atomic mass is 79.9. The lowest BCUT2D eigenvalue weighted by atomic mass is 10.5. The summed E-state index contributed by atoms with van der Waals surface area (Å²) in [6, 6.07) is 6.28. The first-order chi connectivity index (χ1) is 4.88. The summed E-state index contributed by atoms with van der Waals surface area (Å²) in [4.78, 5) is 0.494. The van der Waals surface area contributed by atoms with Gasteiger partial charge < -0.3 is 0 Å². The Bertz CT molecular complexity index is 251. The van der Waals surface area contributed by atoms with Gasteiger partial charge in [-0.3, -0.25) is 0 Å². The van der Waals surface area contributed by atoms with E-state index in [2.05, 4.69) is 44.9 Å². The number of fused-ring (bicyclic) bond motifs is 1. The maximum Gasteiger partial charge on any atom is 0.241 e. The summed E-state index contributed by atoms with van der Waals surface area (Å²) in [5.74, 6) is 1.14. The van der Waals surface area contributed by atoms with Crippen molar-refractivity contribution in [2.24, 2.45) is 0 Å². The average Bonchev–Trinajstić information content (AvgIpc) is 2.34. The summed E-state index contributed by atoms with van der Waals surface area (Å²) < 4.78 is 2.24. The van der Waals surface area contributed by atoms with Crippen LogP contribution in [0.1, 0.15) is 4.95 Å². The highest BCUT2D eigenvalue weighted by Gasteiger charge is 2.27. The van der Waals surface area contributed by atoms with E-state index in [4.69, 9.17) is 0 Å². The quantitative estimate of drug-likeness (QED) is 0.474. The van der Waals surface area contributed by atoms with Crippen LogP contribution in [0.25, 0.3) is 0 Å². The maximum absolute atomic E-state index is 3.58. The minimum absolute atomic E-state index is 0.494. The Kier molecular flexibility index (Phi) is 1.70. The molecular formula is C7H7BrNS+. The molecular weight excluding hydrogens is 210 g/mol. The van der Waals surface area contributed by atoms with Crippen molar-refractivity contribution in [2.45, 2.75) is 9.98 Å². The van der Waals surface area contributed by atoms with Crippen LogP contribution < -0.4 is 4.57 Å². The molecule has 0 N–H and O–H groups in total. The number of pyridine rings is 1. The fourth-order valence-electron chi connectivity index (χ4n) is 1.03.